The maximum absolute atomic E-state index is 2.04. The van der Waals surface area contributed by atoms with E-state index in [9.17, 15) is 0 Å². The minimum Gasteiger partial charge on any atom is 0 e. The fourth-order valence-corrected chi connectivity index (χ4v) is 1600. The summed E-state index contributed by atoms with van der Waals surface area (Å²) >= 11 is 0. The van der Waals surface area contributed by atoms with Gasteiger partial charge in [-0.3, -0.25) is 0 Å². The van der Waals surface area contributed by atoms with Crippen molar-refractivity contribution in [2.45, 2.75) is 0 Å². The van der Waals surface area contributed by atoms with Crippen LogP contribution in [0.3, 0.4) is 0 Å². The third-order valence-corrected chi connectivity index (χ3v) is 506. The van der Waals surface area contributed by atoms with Crippen molar-refractivity contribution < 1.29 is 16.8 Å². The van der Waals surface area contributed by atoms with Gasteiger partial charge in [0.05, 0.1) is 0 Å². The summed E-state index contributed by atoms with van der Waals surface area (Å²) < 4.78 is 0. The van der Waals surface area contributed by atoms with E-state index >= 15 is 0 Å². The second-order valence-electron chi connectivity index (χ2n) is 5.16. The van der Waals surface area contributed by atoms with E-state index < -0.39 is 0 Å². The zero-order valence-electron chi connectivity index (χ0n) is 5.41. The molecule has 13 aliphatic rings. The first-order valence-electron chi connectivity index (χ1n) is 3.94. The minimum atomic E-state index is -0.0611. The van der Waals surface area contributed by atoms with Gasteiger partial charge in [-0.1, -0.05) is 0 Å². The van der Waals surface area contributed by atoms with Gasteiger partial charge < -0.3 is 0 Å². The van der Waals surface area contributed by atoms with Crippen molar-refractivity contribution >= 4 is 72.0 Å². The molecule has 0 aliphatic carbocycles. The van der Waals surface area contributed by atoms with Crippen molar-refractivity contribution in [3.63, 3.8) is 0 Å². The molecule has 0 nitrogen and oxygen atoms in total. The van der Waals surface area contributed by atoms with Gasteiger partial charge in [0.2, 0.25) is 0 Å². The van der Waals surface area contributed by atoms with Gasteiger partial charge in [0.15, 0.2) is 0 Å². The van der Waals surface area contributed by atoms with Crippen LogP contribution in [0.4, 0.5) is 0 Å². The van der Waals surface area contributed by atoms with Crippen LogP contribution >= 0.6 is 72.0 Å². The molecule has 0 saturated carbocycles. The molecular weight excluding hydrogens is 400 g/mol. The Labute approximate surface area is 88.1 Å². The van der Waals surface area contributed by atoms with E-state index in [0.717, 1.165) is 0 Å². The van der Waals surface area contributed by atoms with Crippen LogP contribution in [0.5, 0.6) is 0 Å². The van der Waals surface area contributed by atoms with E-state index in [2.05, 4.69) is 0 Å². The molecule has 12 heteroatoms. The van der Waals surface area contributed by atoms with Crippen molar-refractivity contribution in [1.82, 2.24) is 0 Å². The first-order chi connectivity index (χ1) is 5.30. The van der Waals surface area contributed by atoms with Crippen LogP contribution in [0, 0.1) is 0 Å². The Hall–Kier alpha value is 5.24. The number of hydrogen-bond acceptors (Lipinski definition) is 0. The standard InChI is InChI=1S/Co.H3P11/c;1-4-6-8(1)2-5-7-9(6)3-10(7,8,9)11(4,5,8)9/h;1-3H. The molecule has 13 fully saturated rings. The maximum Gasteiger partial charge on any atom is 0 e. The van der Waals surface area contributed by atoms with Crippen LogP contribution in [0.1, 0.15) is 0 Å². The molecule has 13 aliphatic heterocycles. The molecule has 0 aromatic rings. The zero-order chi connectivity index (χ0) is 6.22. The van der Waals surface area contributed by atoms with Gasteiger partial charge in [-0.15, -0.1) is 0 Å². The number of hydrogen-bond donors (Lipinski definition) is 0. The van der Waals surface area contributed by atoms with E-state index in [4.69, 9.17) is 0 Å². The van der Waals surface area contributed by atoms with Gasteiger partial charge in [-0.05, 0) is 0 Å². The molecule has 13 rings (SSSR count). The maximum atomic E-state index is 2.04. The zero-order valence-corrected chi connectivity index (χ0v) is 16.6. The Morgan fingerprint density at radius 2 is 1.75 bits per heavy atom. The van der Waals surface area contributed by atoms with Crippen LogP contribution in [-0.2, 0) is 16.8 Å². The van der Waals surface area contributed by atoms with Gasteiger partial charge in [-0.25, -0.2) is 0 Å². The van der Waals surface area contributed by atoms with E-state index in [-0.39, 0.29) is 37.0 Å². The van der Waals surface area contributed by atoms with Crippen LogP contribution < -0.4 is 0 Å². The van der Waals surface area contributed by atoms with Crippen LogP contribution in [0.2, 0.25) is 0 Å². The van der Waals surface area contributed by atoms with Gasteiger partial charge >= 0.3 is 72.0 Å². The Morgan fingerprint density at radius 1 is 1.00 bits per heavy atom. The molecular formula is H3CoP11. The Kier molecular flexibility index (Phi) is 0.670. The van der Waals surface area contributed by atoms with Gasteiger partial charge in [-0.2, -0.15) is 0 Å². The van der Waals surface area contributed by atoms with Crippen molar-refractivity contribution in [3.8, 4) is 0 Å². The largest absolute Gasteiger partial charge is 0 e. The molecule has 0 N–H and O–H groups in total. The van der Waals surface area contributed by atoms with Crippen molar-refractivity contribution in [1.29, 1.82) is 0 Å². The molecule has 13 saturated heterocycles. The molecule has 12 heavy (non-hydrogen) atoms. The van der Waals surface area contributed by atoms with Crippen molar-refractivity contribution in [2.75, 3.05) is 0 Å². The smallest absolute Gasteiger partial charge is 0 e. The van der Waals surface area contributed by atoms with Crippen LogP contribution in [-0.4, -0.2) is 0 Å². The Bertz CT molecular complexity index is 598. The molecule has 67 valence electrons. The summed E-state index contributed by atoms with van der Waals surface area (Å²) in [6.07, 6.45) is 0. The van der Waals surface area contributed by atoms with Gasteiger partial charge in [0.25, 0.3) is 0 Å². The van der Waals surface area contributed by atoms with Crippen molar-refractivity contribution in [2.24, 2.45) is 0 Å². The molecule has 1 radical (unpaired) electrons. The summed E-state index contributed by atoms with van der Waals surface area (Å²) in [5.41, 5.74) is 0. The predicted octanol–water partition coefficient (Wildman–Crippen LogP) is 8.67. The van der Waals surface area contributed by atoms with E-state index in [1.807, 2.05) is 23.9 Å². The monoisotopic (exact) mass is 403 g/mol. The molecule has 7 unspecified atom stereocenters. The third-order valence-electron chi connectivity index (χ3n) is 6.49. The van der Waals surface area contributed by atoms with Crippen LogP contribution in [0.15, 0.2) is 0 Å². The first kappa shape index (κ1) is 7.74. The van der Waals surface area contributed by atoms with Gasteiger partial charge in [0.1, 0.15) is 0 Å². The number of rotatable bonds is 0. The average molecular weight is 403 g/mol. The molecule has 6 bridgehead atoms. The molecule has 0 aromatic carbocycles. The molecule has 4 spiro atoms. The average Bonchev–Trinajstić information content (AvgIpc) is 2.52. The molecule has 13 heterocycles. The van der Waals surface area contributed by atoms with Crippen LogP contribution in [0.25, 0.3) is 0 Å². The normalized spacial score (nSPS) is 115. The van der Waals surface area contributed by atoms with E-state index in [0.29, 0.717) is 0 Å². The predicted molar refractivity (Wildman–Crippen MR) is 80.3 cm³/mol. The van der Waals surface area contributed by atoms with E-state index in [1.165, 1.54) is 27.9 Å². The Morgan fingerprint density at radius 3 is 2.00 bits per heavy atom. The summed E-state index contributed by atoms with van der Waals surface area (Å²) in [7, 11) is 5.93. The third kappa shape index (κ3) is 0.132. The summed E-state index contributed by atoms with van der Waals surface area (Å²) in [6, 6.07) is 0. The fourth-order valence-electron chi connectivity index (χ4n) is 6.96. The van der Waals surface area contributed by atoms with Gasteiger partial charge in [0, 0.05) is 16.8 Å². The first-order valence-corrected chi connectivity index (χ1v) is 35.5. The SMILES string of the molecule is P1P2P3P145PP1P6P378PP647P2158.[Co]. The second-order valence-corrected chi connectivity index (χ2v) is 139. The minimum absolute atomic E-state index is 0. The Balaban J connectivity index is 0.000000401. The molecule has 0 amide bonds. The summed E-state index contributed by atoms with van der Waals surface area (Å²) in [5, 5.41) is 0.122. The quantitative estimate of drug-likeness (QED) is 0.355. The van der Waals surface area contributed by atoms with E-state index in [1.54, 1.807) is 0 Å². The molecule has 7 atom stereocenters. The fraction of sp³-hybridized carbons (Fsp3) is 0. The van der Waals surface area contributed by atoms with Crippen molar-refractivity contribution in [3.05, 3.63) is 0 Å². The topological polar surface area (TPSA) is 0 Å². The summed E-state index contributed by atoms with van der Waals surface area (Å²) in [4.78, 5) is 0. The summed E-state index contributed by atoms with van der Waals surface area (Å²) in [5.74, 6) is 0. The molecule has 0 aromatic heterocycles. The summed E-state index contributed by atoms with van der Waals surface area (Å²) in [6.45, 7) is 4.99. The second kappa shape index (κ2) is 1.04.